The standard InChI is InChI=1S/C10H5Cl3N4/c11-8-1-2-10(9(12)3-8)17(13)16-6-7(4-14)5-15/h1-3,6-7H. The maximum absolute atomic E-state index is 8.53. The van der Waals surface area contributed by atoms with Crippen LogP contribution in [-0.2, 0) is 0 Å². The molecule has 0 atom stereocenters. The van der Waals surface area contributed by atoms with Crippen molar-refractivity contribution >= 4 is 46.9 Å². The molecule has 0 radical (unpaired) electrons. The number of anilines is 1. The summed E-state index contributed by atoms with van der Waals surface area (Å²) in [5.41, 5.74) is 0.406. The van der Waals surface area contributed by atoms with Gasteiger partial charge in [0.05, 0.1) is 29.1 Å². The third-order valence-electron chi connectivity index (χ3n) is 1.70. The van der Waals surface area contributed by atoms with Gasteiger partial charge in [-0.1, -0.05) is 23.2 Å². The summed E-state index contributed by atoms with van der Waals surface area (Å²) >= 11 is 17.4. The number of rotatable bonds is 3. The van der Waals surface area contributed by atoms with Crippen molar-refractivity contribution in [3.63, 3.8) is 0 Å². The molecule has 4 nitrogen and oxygen atoms in total. The smallest absolute Gasteiger partial charge is 0.170 e. The molecule has 0 N–H and O–H groups in total. The van der Waals surface area contributed by atoms with Crippen molar-refractivity contribution < 1.29 is 0 Å². The van der Waals surface area contributed by atoms with E-state index in [-0.39, 0.29) is 0 Å². The summed E-state index contributed by atoms with van der Waals surface area (Å²) in [5.74, 6) is -0.956. The van der Waals surface area contributed by atoms with Crippen LogP contribution in [0.3, 0.4) is 0 Å². The van der Waals surface area contributed by atoms with Crippen LogP contribution in [-0.4, -0.2) is 6.21 Å². The molecule has 0 bridgehead atoms. The molecular formula is C10H5Cl3N4. The van der Waals surface area contributed by atoms with Gasteiger partial charge in [-0.25, -0.2) is 0 Å². The van der Waals surface area contributed by atoms with Crippen molar-refractivity contribution in [1.29, 1.82) is 10.5 Å². The molecule has 0 spiro atoms. The Morgan fingerprint density at radius 2 is 1.94 bits per heavy atom. The Kier molecular flexibility index (Phi) is 5.06. The van der Waals surface area contributed by atoms with Crippen molar-refractivity contribution in [2.24, 2.45) is 11.0 Å². The Balaban J connectivity index is 2.88. The second-order valence-corrected chi connectivity index (χ2v) is 4.02. The van der Waals surface area contributed by atoms with Crippen LogP contribution in [0.15, 0.2) is 23.3 Å². The van der Waals surface area contributed by atoms with Gasteiger partial charge in [-0.05, 0) is 18.2 Å². The van der Waals surface area contributed by atoms with Gasteiger partial charge in [-0.3, -0.25) is 0 Å². The zero-order chi connectivity index (χ0) is 12.8. The molecule has 1 rings (SSSR count). The van der Waals surface area contributed by atoms with Gasteiger partial charge in [0.1, 0.15) is 0 Å². The van der Waals surface area contributed by atoms with Gasteiger partial charge in [0.25, 0.3) is 0 Å². The Morgan fingerprint density at radius 1 is 1.29 bits per heavy atom. The maximum Gasteiger partial charge on any atom is 0.170 e. The molecule has 0 unspecified atom stereocenters. The van der Waals surface area contributed by atoms with E-state index in [1.807, 2.05) is 0 Å². The maximum atomic E-state index is 8.53. The Hall–Kier alpha value is -1.46. The lowest BCUT2D eigenvalue weighted by molar-refractivity contribution is 1.12. The second-order valence-electron chi connectivity index (χ2n) is 2.86. The van der Waals surface area contributed by atoms with Crippen molar-refractivity contribution in [1.82, 2.24) is 0 Å². The molecule has 1 aromatic carbocycles. The fraction of sp³-hybridized carbons (Fsp3) is 0.100. The SMILES string of the molecule is N#CC(C#N)C=NN(Cl)c1ccc(Cl)cc1Cl. The van der Waals surface area contributed by atoms with Gasteiger partial charge in [0, 0.05) is 16.8 Å². The van der Waals surface area contributed by atoms with Gasteiger partial charge in [-0.2, -0.15) is 20.2 Å². The lowest BCUT2D eigenvalue weighted by Gasteiger charge is -2.10. The molecule has 0 saturated carbocycles. The van der Waals surface area contributed by atoms with Gasteiger partial charge in [-0.15, -0.1) is 0 Å². The molecule has 0 aliphatic rings. The molecule has 0 aliphatic heterocycles. The number of nitrogens with zero attached hydrogens (tertiary/aromatic N) is 4. The number of hydrazone groups is 1. The van der Waals surface area contributed by atoms with Crippen LogP contribution in [0.1, 0.15) is 0 Å². The van der Waals surface area contributed by atoms with Crippen LogP contribution in [0, 0.1) is 28.6 Å². The lowest BCUT2D eigenvalue weighted by atomic mass is 10.2. The molecular weight excluding hydrogens is 282 g/mol. The normalized spacial score (nSPS) is 10.2. The lowest BCUT2D eigenvalue weighted by Crippen LogP contribution is -2.04. The number of nitriles is 2. The van der Waals surface area contributed by atoms with Gasteiger partial charge in [0.2, 0.25) is 0 Å². The fourth-order valence-electron chi connectivity index (χ4n) is 0.914. The highest BCUT2D eigenvalue weighted by Gasteiger charge is 2.08. The summed E-state index contributed by atoms with van der Waals surface area (Å²) in [6.45, 7) is 0. The third-order valence-corrected chi connectivity index (χ3v) is 2.51. The highest BCUT2D eigenvalue weighted by molar-refractivity contribution is 6.38. The number of hydrogen-bond donors (Lipinski definition) is 0. The molecule has 0 saturated heterocycles. The molecule has 0 heterocycles. The largest absolute Gasteiger partial charge is 0.196 e. The number of halogens is 3. The van der Waals surface area contributed by atoms with E-state index in [2.05, 4.69) is 5.10 Å². The third kappa shape index (κ3) is 3.80. The van der Waals surface area contributed by atoms with Crippen LogP contribution in [0.2, 0.25) is 10.0 Å². The van der Waals surface area contributed by atoms with E-state index in [0.29, 0.717) is 15.7 Å². The van der Waals surface area contributed by atoms with E-state index in [9.17, 15) is 0 Å². The molecule has 1 aromatic rings. The zero-order valence-electron chi connectivity index (χ0n) is 8.31. The first kappa shape index (κ1) is 13.6. The summed E-state index contributed by atoms with van der Waals surface area (Å²) < 4.78 is 0.945. The van der Waals surface area contributed by atoms with Crippen LogP contribution in [0.4, 0.5) is 5.69 Å². The highest BCUT2D eigenvalue weighted by Crippen LogP contribution is 2.30. The quantitative estimate of drug-likeness (QED) is 0.485. The molecule has 7 heteroatoms. The average molecular weight is 288 g/mol. The van der Waals surface area contributed by atoms with E-state index in [4.69, 9.17) is 45.5 Å². The van der Waals surface area contributed by atoms with Crippen molar-refractivity contribution in [3.8, 4) is 12.1 Å². The van der Waals surface area contributed by atoms with Crippen molar-refractivity contribution in [2.45, 2.75) is 0 Å². The topological polar surface area (TPSA) is 63.2 Å². The summed E-state index contributed by atoms with van der Waals surface area (Å²) in [6, 6.07) is 8.14. The number of hydrogen-bond acceptors (Lipinski definition) is 4. The van der Waals surface area contributed by atoms with Crippen LogP contribution in [0.5, 0.6) is 0 Å². The molecule has 0 fully saturated rings. The minimum Gasteiger partial charge on any atom is -0.196 e. The minimum atomic E-state index is -0.956. The number of benzene rings is 1. The zero-order valence-corrected chi connectivity index (χ0v) is 10.6. The van der Waals surface area contributed by atoms with E-state index in [1.54, 1.807) is 24.3 Å². The fourth-order valence-corrected chi connectivity index (χ4v) is 1.64. The van der Waals surface area contributed by atoms with E-state index >= 15 is 0 Å². The Labute approximate surface area is 113 Å². The van der Waals surface area contributed by atoms with Gasteiger partial charge in [0.15, 0.2) is 5.92 Å². The van der Waals surface area contributed by atoms with Gasteiger partial charge < -0.3 is 0 Å². The molecule has 86 valence electrons. The summed E-state index contributed by atoms with van der Waals surface area (Å²) in [7, 11) is 0. The molecule has 0 amide bonds. The Morgan fingerprint density at radius 3 is 2.47 bits per heavy atom. The predicted octanol–water partition coefficient (Wildman–Crippen LogP) is 3.60. The molecule has 0 aliphatic carbocycles. The minimum absolute atomic E-state index is 0.315. The van der Waals surface area contributed by atoms with Crippen molar-refractivity contribution in [3.05, 3.63) is 28.2 Å². The summed E-state index contributed by atoms with van der Waals surface area (Å²) in [4.78, 5) is 0. The molecule has 17 heavy (non-hydrogen) atoms. The van der Waals surface area contributed by atoms with E-state index < -0.39 is 5.92 Å². The van der Waals surface area contributed by atoms with Gasteiger partial charge >= 0.3 is 0 Å². The highest BCUT2D eigenvalue weighted by atomic mass is 35.5. The first-order chi connectivity index (χ1) is 8.08. The first-order valence-electron chi connectivity index (χ1n) is 4.32. The van der Waals surface area contributed by atoms with E-state index in [0.717, 1.165) is 10.7 Å². The predicted molar refractivity (Wildman–Crippen MR) is 68.0 cm³/mol. The monoisotopic (exact) mass is 286 g/mol. The first-order valence-corrected chi connectivity index (χ1v) is 5.42. The second kappa shape index (κ2) is 6.32. The summed E-state index contributed by atoms with van der Waals surface area (Å²) in [6.07, 6.45) is 1.12. The Bertz CT molecular complexity index is 501. The van der Waals surface area contributed by atoms with Crippen LogP contribution >= 0.6 is 35.0 Å². The van der Waals surface area contributed by atoms with Crippen molar-refractivity contribution in [2.75, 3.05) is 4.53 Å². The van der Waals surface area contributed by atoms with E-state index in [1.165, 1.54) is 6.07 Å². The molecule has 0 aromatic heterocycles. The van der Waals surface area contributed by atoms with Crippen LogP contribution in [0.25, 0.3) is 0 Å². The average Bonchev–Trinajstić information content (AvgIpc) is 2.30. The van der Waals surface area contributed by atoms with Crippen LogP contribution < -0.4 is 4.53 Å². The summed E-state index contributed by atoms with van der Waals surface area (Å²) in [5, 5.41) is 21.6.